The van der Waals surface area contributed by atoms with E-state index in [9.17, 15) is 23.2 Å². The Balaban J connectivity index is 2.47. The number of carbonyl (C=O) groups excluding carboxylic acids is 3. The van der Waals surface area contributed by atoms with E-state index in [1.807, 2.05) is 0 Å². The van der Waals surface area contributed by atoms with Crippen LogP contribution in [0.25, 0.3) is 0 Å². The monoisotopic (exact) mass is 347 g/mol. The molecule has 0 spiro atoms. The average Bonchev–Trinajstić information content (AvgIpc) is 2.63. The van der Waals surface area contributed by atoms with Gasteiger partial charge >= 0.3 is 11.9 Å². The molecule has 1 aliphatic rings. The lowest BCUT2D eigenvalue weighted by Gasteiger charge is -2.19. The van der Waals surface area contributed by atoms with Gasteiger partial charge in [0.05, 0.1) is 22.3 Å². The summed E-state index contributed by atoms with van der Waals surface area (Å²) in [6, 6.07) is 1.89. The van der Waals surface area contributed by atoms with Crippen LogP contribution in [0.1, 0.15) is 17.3 Å². The van der Waals surface area contributed by atoms with Gasteiger partial charge in [0.2, 0.25) is 0 Å². The van der Waals surface area contributed by atoms with Crippen LogP contribution in [-0.2, 0) is 14.3 Å². The van der Waals surface area contributed by atoms with Gasteiger partial charge in [-0.15, -0.1) is 0 Å². The second kappa shape index (κ2) is 5.28. The van der Waals surface area contributed by atoms with Gasteiger partial charge < -0.3 is 4.74 Å². The number of Topliss-reactive ketones (excluding diaryl/α,β-unsaturated/α-hetero) is 1. The van der Waals surface area contributed by atoms with Gasteiger partial charge in [-0.1, -0.05) is 0 Å². The van der Waals surface area contributed by atoms with E-state index in [-0.39, 0.29) is 22.3 Å². The molecule has 0 aromatic heterocycles. The third kappa shape index (κ3) is 2.20. The van der Waals surface area contributed by atoms with Crippen LogP contribution in [0.3, 0.4) is 0 Å². The van der Waals surface area contributed by atoms with E-state index in [1.54, 1.807) is 0 Å². The van der Waals surface area contributed by atoms with E-state index in [2.05, 4.69) is 20.7 Å². The first-order chi connectivity index (χ1) is 9.38. The van der Waals surface area contributed by atoms with E-state index >= 15 is 0 Å². The number of fused-ring (bicyclic) bond motifs is 1. The lowest BCUT2D eigenvalue weighted by molar-refractivity contribution is -0.150. The van der Waals surface area contributed by atoms with Crippen LogP contribution < -0.4 is 4.90 Å². The maximum Gasteiger partial charge on any atom is 0.362 e. The molecular formula is C12H8BrF2NO4. The average molecular weight is 348 g/mol. The SMILES string of the molecule is CCOC(=O)C(F)N1C(=O)C(=O)c2cc(Br)c(F)cc21. The summed E-state index contributed by atoms with van der Waals surface area (Å²) in [5, 5.41) is 0. The van der Waals surface area contributed by atoms with Crippen molar-refractivity contribution in [1.29, 1.82) is 0 Å². The Labute approximate surface area is 120 Å². The van der Waals surface area contributed by atoms with Gasteiger partial charge in [-0.25, -0.2) is 13.6 Å². The Morgan fingerprint density at radius 1 is 1.45 bits per heavy atom. The number of anilines is 1. The minimum atomic E-state index is -2.49. The highest BCUT2D eigenvalue weighted by atomic mass is 79.9. The highest BCUT2D eigenvalue weighted by Gasteiger charge is 2.44. The molecule has 20 heavy (non-hydrogen) atoms. The molecule has 0 N–H and O–H groups in total. The molecule has 0 fully saturated rings. The first-order valence-electron chi connectivity index (χ1n) is 5.56. The summed E-state index contributed by atoms with van der Waals surface area (Å²) in [5.41, 5.74) is -0.462. The molecule has 0 radical (unpaired) electrons. The van der Waals surface area contributed by atoms with Crippen LogP contribution in [0.5, 0.6) is 0 Å². The van der Waals surface area contributed by atoms with Crippen molar-refractivity contribution in [1.82, 2.24) is 0 Å². The standard InChI is InChI=1S/C12H8BrF2NO4/c1-2-20-12(19)10(15)16-8-4-7(14)6(13)3-5(8)9(17)11(16)18/h3-4,10H,2H2,1H3. The van der Waals surface area contributed by atoms with Crippen LogP contribution in [0.2, 0.25) is 0 Å². The molecule has 0 aliphatic carbocycles. The second-order valence-corrected chi connectivity index (χ2v) is 4.73. The summed E-state index contributed by atoms with van der Waals surface area (Å²) < 4.78 is 31.9. The van der Waals surface area contributed by atoms with Gasteiger partial charge in [-0.3, -0.25) is 14.5 Å². The maximum atomic E-state index is 14.0. The zero-order valence-electron chi connectivity index (χ0n) is 10.2. The molecule has 1 aromatic carbocycles. The fourth-order valence-electron chi connectivity index (χ4n) is 1.79. The van der Waals surface area contributed by atoms with Crippen molar-refractivity contribution in [2.24, 2.45) is 0 Å². The third-order valence-electron chi connectivity index (χ3n) is 2.66. The van der Waals surface area contributed by atoms with Gasteiger partial charge in [0.1, 0.15) is 5.82 Å². The Bertz CT molecular complexity index is 620. The topological polar surface area (TPSA) is 63.7 Å². The van der Waals surface area contributed by atoms with E-state index in [0.717, 1.165) is 12.1 Å². The Kier molecular flexibility index (Phi) is 3.85. The third-order valence-corrected chi connectivity index (χ3v) is 3.27. The molecular weight excluding hydrogens is 340 g/mol. The number of carbonyl (C=O) groups is 3. The van der Waals surface area contributed by atoms with Crippen LogP contribution in [0.15, 0.2) is 16.6 Å². The molecule has 1 heterocycles. The molecule has 5 nitrogen and oxygen atoms in total. The van der Waals surface area contributed by atoms with Gasteiger partial charge in [0, 0.05) is 0 Å². The number of esters is 1. The maximum absolute atomic E-state index is 14.0. The highest BCUT2D eigenvalue weighted by Crippen LogP contribution is 2.35. The van der Waals surface area contributed by atoms with Gasteiger partial charge in [-0.2, -0.15) is 0 Å². The van der Waals surface area contributed by atoms with E-state index < -0.39 is 29.8 Å². The van der Waals surface area contributed by atoms with Gasteiger partial charge in [0.25, 0.3) is 12.1 Å². The summed E-state index contributed by atoms with van der Waals surface area (Å²) in [5.74, 6) is -4.34. The first-order valence-corrected chi connectivity index (χ1v) is 6.35. The molecule has 106 valence electrons. The fraction of sp³-hybridized carbons (Fsp3) is 0.250. The largest absolute Gasteiger partial charge is 0.462 e. The lowest BCUT2D eigenvalue weighted by atomic mass is 10.1. The lowest BCUT2D eigenvalue weighted by Crippen LogP contribution is -2.42. The number of ketones is 1. The van der Waals surface area contributed by atoms with E-state index in [4.69, 9.17) is 0 Å². The van der Waals surface area contributed by atoms with Gasteiger partial charge in [-0.05, 0) is 35.0 Å². The quantitative estimate of drug-likeness (QED) is 0.476. The smallest absolute Gasteiger partial charge is 0.362 e. The summed E-state index contributed by atoms with van der Waals surface area (Å²) in [4.78, 5) is 35.1. The van der Waals surface area contributed by atoms with Crippen molar-refractivity contribution in [2.75, 3.05) is 11.5 Å². The highest BCUT2D eigenvalue weighted by molar-refractivity contribution is 9.10. The Hall–Kier alpha value is -1.83. The number of halogens is 3. The number of hydrogen-bond donors (Lipinski definition) is 0. The predicted molar refractivity (Wildman–Crippen MR) is 67.4 cm³/mol. The van der Waals surface area contributed by atoms with Crippen molar-refractivity contribution in [2.45, 2.75) is 13.2 Å². The molecule has 2 rings (SSSR count). The zero-order valence-corrected chi connectivity index (χ0v) is 11.7. The first kappa shape index (κ1) is 14.6. The van der Waals surface area contributed by atoms with Crippen molar-refractivity contribution >= 4 is 39.3 Å². The minimum Gasteiger partial charge on any atom is -0.462 e. The zero-order chi connectivity index (χ0) is 15.0. The van der Waals surface area contributed by atoms with E-state index in [1.165, 1.54) is 6.92 Å². The number of ether oxygens (including phenoxy) is 1. The summed E-state index contributed by atoms with van der Waals surface area (Å²) in [6.45, 7) is 1.38. The minimum absolute atomic E-state index is 0.0363. The van der Waals surface area contributed by atoms with Crippen molar-refractivity contribution in [3.8, 4) is 0 Å². The molecule has 1 unspecified atom stereocenters. The molecule has 0 saturated heterocycles. The normalized spacial score (nSPS) is 15.3. The number of benzene rings is 1. The molecule has 1 aromatic rings. The van der Waals surface area contributed by atoms with E-state index in [0.29, 0.717) is 4.90 Å². The molecule has 1 amide bonds. The van der Waals surface area contributed by atoms with Crippen molar-refractivity contribution in [3.05, 3.63) is 28.0 Å². The summed E-state index contributed by atoms with van der Waals surface area (Å²) in [7, 11) is 0. The van der Waals surface area contributed by atoms with Crippen LogP contribution >= 0.6 is 15.9 Å². The van der Waals surface area contributed by atoms with Crippen molar-refractivity contribution in [3.63, 3.8) is 0 Å². The molecule has 0 bridgehead atoms. The molecule has 8 heteroatoms. The van der Waals surface area contributed by atoms with Gasteiger partial charge in [0.15, 0.2) is 0 Å². The second-order valence-electron chi connectivity index (χ2n) is 3.88. The van der Waals surface area contributed by atoms with Crippen LogP contribution in [-0.4, -0.2) is 30.6 Å². The fourth-order valence-corrected chi connectivity index (χ4v) is 2.14. The summed E-state index contributed by atoms with van der Waals surface area (Å²) >= 11 is 2.86. The molecule has 1 aliphatic heterocycles. The number of nitrogens with zero attached hydrogens (tertiary/aromatic N) is 1. The number of alkyl halides is 1. The molecule has 1 atom stereocenters. The summed E-state index contributed by atoms with van der Waals surface area (Å²) in [6.07, 6.45) is -2.49. The number of rotatable bonds is 3. The Morgan fingerprint density at radius 2 is 2.10 bits per heavy atom. The Morgan fingerprint density at radius 3 is 2.70 bits per heavy atom. The number of amides is 1. The number of hydrogen-bond acceptors (Lipinski definition) is 4. The molecule has 0 saturated carbocycles. The van der Waals surface area contributed by atoms with Crippen molar-refractivity contribution < 1.29 is 27.9 Å². The predicted octanol–water partition coefficient (Wildman–Crippen LogP) is 1.98. The van der Waals surface area contributed by atoms with Crippen LogP contribution in [0, 0.1) is 5.82 Å². The van der Waals surface area contributed by atoms with Crippen LogP contribution in [0.4, 0.5) is 14.5 Å².